The van der Waals surface area contributed by atoms with Crippen molar-refractivity contribution in [3.8, 4) is 0 Å². The van der Waals surface area contributed by atoms with Crippen molar-refractivity contribution in [2.75, 3.05) is 18.8 Å². The average Bonchev–Trinajstić information content (AvgIpc) is 2.52. The Morgan fingerprint density at radius 1 is 1.79 bits per heavy atom. The van der Waals surface area contributed by atoms with Gasteiger partial charge in [-0.05, 0) is 25.5 Å². The summed E-state index contributed by atoms with van der Waals surface area (Å²) in [5.74, 6) is 0.269. The van der Waals surface area contributed by atoms with Crippen LogP contribution in [-0.4, -0.2) is 40.7 Å². The van der Waals surface area contributed by atoms with Gasteiger partial charge in [0.1, 0.15) is 6.04 Å². The normalized spacial score (nSPS) is 29.0. The zero-order valence-electron chi connectivity index (χ0n) is 8.45. The smallest absolute Gasteiger partial charge is 0.321 e. The van der Waals surface area contributed by atoms with E-state index in [0.717, 1.165) is 6.54 Å². The van der Waals surface area contributed by atoms with E-state index in [-0.39, 0.29) is 4.75 Å². The van der Waals surface area contributed by atoms with Gasteiger partial charge in [-0.2, -0.15) is 11.8 Å². The molecule has 1 rings (SSSR count). The quantitative estimate of drug-likeness (QED) is 0.618. The second-order valence-corrected chi connectivity index (χ2v) is 5.66. The van der Waals surface area contributed by atoms with E-state index in [1.54, 1.807) is 0 Å². The van der Waals surface area contributed by atoms with Crippen molar-refractivity contribution < 1.29 is 9.90 Å². The summed E-state index contributed by atoms with van der Waals surface area (Å²) in [6, 6.07) is -0.787. The molecular weight excluding hydrogens is 200 g/mol. The van der Waals surface area contributed by atoms with Crippen molar-refractivity contribution in [3.63, 3.8) is 0 Å². The Balaban J connectivity index is 2.17. The third kappa shape index (κ3) is 3.48. The lowest BCUT2D eigenvalue weighted by Gasteiger charge is -2.23. The molecule has 0 saturated carbocycles. The van der Waals surface area contributed by atoms with Crippen molar-refractivity contribution >= 4 is 17.7 Å². The van der Waals surface area contributed by atoms with Crippen LogP contribution in [0.3, 0.4) is 0 Å². The first-order chi connectivity index (χ1) is 6.53. The Morgan fingerprint density at radius 3 is 3.00 bits per heavy atom. The molecule has 1 saturated heterocycles. The molecule has 2 unspecified atom stereocenters. The Kier molecular flexibility index (Phi) is 4.22. The Bertz CT molecular complexity index is 205. The van der Waals surface area contributed by atoms with Crippen molar-refractivity contribution in [2.24, 2.45) is 5.73 Å². The van der Waals surface area contributed by atoms with Gasteiger partial charge < -0.3 is 16.2 Å². The molecule has 0 spiro atoms. The summed E-state index contributed by atoms with van der Waals surface area (Å²) in [5, 5.41) is 11.7. The first-order valence-electron chi connectivity index (χ1n) is 4.87. The summed E-state index contributed by atoms with van der Waals surface area (Å²) in [4.78, 5) is 10.4. The van der Waals surface area contributed by atoms with Crippen LogP contribution in [0.1, 0.15) is 19.8 Å². The molecule has 0 aromatic heterocycles. The molecule has 2 atom stereocenters. The van der Waals surface area contributed by atoms with Crippen molar-refractivity contribution in [2.45, 2.75) is 30.6 Å². The SMILES string of the molecule is CC1(CNCC(N)C(=O)O)CCCS1. The molecule has 0 amide bonds. The predicted octanol–water partition coefficient (Wildman–Crippen LogP) is 0.274. The number of rotatable bonds is 5. The topological polar surface area (TPSA) is 75.3 Å². The van der Waals surface area contributed by atoms with Crippen molar-refractivity contribution in [1.82, 2.24) is 5.32 Å². The lowest BCUT2D eigenvalue weighted by molar-refractivity contribution is -0.138. The number of thioether (sulfide) groups is 1. The van der Waals surface area contributed by atoms with Crippen LogP contribution in [0.2, 0.25) is 0 Å². The van der Waals surface area contributed by atoms with Gasteiger partial charge in [0.2, 0.25) is 0 Å². The number of carboxylic acid groups (broad SMARTS) is 1. The van der Waals surface area contributed by atoms with E-state index >= 15 is 0 Å². The van der Waals surface area contributed by atoms with E-state index in [4.69, 9.17) is 10.8 Å². The van der Waals surface area contributed by atoms with Crippen molar-refractivity contribution in [1.29, 1.82) is 0 Å². The lowest BCUT2D eigenvalue weighted by Crippen LogP contribution is -2.44. The Hall–Kier alpha value is -0.260. The van der Waals surface area contributed by atoms with Crippen LogP contribution in [0.5, 0.6) is 0 Å². The third-order valence-electron chi connectivity index (χ3n) is 2.48. The van der Waals surface area contributed by atoms with E-state index in [9.17, 15) is 4.79 Å². The van der Waals surface area contributed by atoms with Gasteiger partial charge in [-0.15, -0.1) is 0 Å². The number of hydrogen-bond donors (Lipinski definition) is 3. The first-order valence-corrected chi connectivity index (χ1v) is 5.85. The van der Waals surface area contributed by atoms with Gasteiger partial charge in [-0.1, -0.05) is 0 Å². The van der Waals surface area contributed by atoms with Crippen LogP contribution in [0.4, 0.5) is 0 Å². The molecule has 1 heterocycles. The van der Waals surface area contributed by atoms with Gasteiger partial charge in [-0.3, -0.25) is 4.79 Å². The minimum absolute atomic E-state index is 0.276. The second kappa shape index (κ2) is 5.00. The van der Waals surface area contributed by atoms with E-state index in [0.29, 0.717) is 6.54 Å². The first kappa shape index (κ1) is 11.8. The van der Waals surface area contributed by atoms with E-state index in [2.05, 4.69) is 12.2 Å². The number of aliphatic carboxylic acids is 1. The predicted molar refractivity (Wildman–Crippen MR) is 58.6 cm³/mol. The van der Waals surface area contributed by atoms with E-state index < -0.39 is 12.0 Å². The highest BCUT2D eigenvalue weighted by Gasteiger charge is 2.29. The minimum Gasteiger partial charge on any atom is -0.480 e. The summed E-state index contributed by atoms with van der Waals surface area (Å²) >= 11 is 1.95. The zero-order chi connectivity index (χ0) is 10.6. The maximum absolute atomic E-state index is 10.4. The summed E-state index contributed by atoms with van der Waals surface area (Å²) in [7, 11) is 0. The fraction of sp³-hybridized carbons (Fsp3) is 0.889. The molecule has 4 N–H and O–H groups in total. The fourth-order valence-electron chi connectivity index (χ4n) is 1.56. The van der Waals surface area contributed by atoms with Crippen LogP contribution in [0.25, 0.3) is 0 Å². The highest BCUT2D eigenvalue weighted by atomic mass is 32.2. The van der Waals surface area contributed by atoms with Gasteiger partial charge >= 0.3 is 5.97 Å². The summed E-state index contributed by atoms with van der Waals surface area (Å²) < 4.78 is 0.276. The molecule has 0 aromatic carbocycles. The number of nitrogens with two attached hydrogens (primary N) is 1. The van der Waals surface area contributed by atoms with Crippen LogP contribution >= 0.6 is 11.8 Å². The monoisotopic (exact) mass is 218 g/mol. The average molecular weight is 218 g/mol. The minimum atomic E-state index is -0.943. The van der Waals surface area contributed by atoms with Gasteiger partial charge in [0.15, 0.2) is 0 Å². The molecular formula is C9H18N2O2S. The van der Waals surface area contributed by atoms with Crippen LogP contribution in [-0.2, 0) is 4.79 Å². The van der Waals surface area contributed by atoms with Gasteiger partial charge in [0.05, 0.1) is 0 Å². The highest BCUT2D eigenvalue weighted by Crippen LogP contribution is 2.36. The van der Waals surface area contributed by atoms with Gasteiger partial charge in [0.25, 0.3) is 0 Å². The van der Waals surface area contributed by atoms with Crippen molar-refractivity contribution in [3.05, 3.63) is 0 Å². The largest absolute Gasteiger partial charge is 0.480 e. The summed E-state index contributed by atoms with van der Waals surface area (Å²) in [5.41, 5.74) is 5.38. The maximum atomic E-state index is 10.4. The standard InChI is InChI=1S/C9H18N2O2S/c1-9(3-2-4-14-9)6-11-5-7(10)8(12)13/h7,11H,2-6,10H2,1H3,(H,12,13). The fourth-order valence-corrected chi connectivity index (χ4v) is 2.83. The highest BCUT2D eigenvalue weighted by molar-refractivity contribution is 8.00. The molecule has 82 valence electrons. The molecule has 1 fully saturated rings. The molecule has 14 heavy (non-hydrogen) atoms. The third-order valence-corrected chi connectivity index (χ3v) is 4.02. The maximum Gasteiger partial charge on any atom is 0.321 e. The molecule has 1 aliphatic rings. The molecule has 0 bridgehead atoms. The summed E-state index contributed by atoms with van der Waals surface area (Å²) in [6.07, 6.45) is 2.46. The van der Waals surface area contributed by atoms with Crippen LogP contribution in [0.15, 0.2) is 0 Å². The zero-order valence-corrected chi connectivity index (χ0v) is 9.27. The van der Waals surface area contributed by atoms with Crippen LogP contribution in [0, 0.1) is 0 Å². The Morgan fingerprint density at radius 2 is 2.50 bits per heavy atom. The van der Waals surface area contributed by atoms with Gasteiger partial charge in [0, 0.05) is 17.8 Å². The second-order valence-electron chi connectivity index (χ2n) is 3.98. The molecule has 0 aromatic rings. The lowest BCUT2D eigenvalue weighted by atomic mass is 10.1. The van der Waals surface area contributed by atoms with E-state index in [1.807, 2.05) is 11.8 Å². The molecule has 0 radical (unpaired) electrons. The van der Waals surface area contributed by atoms with E-state index in [1.165, 1.54) is 18.6 Å². The van der Waals surface area contributed by atoms with Crippen LogP contribution < -0.4 is 11.1 Å². The summed E-state index contributed by atoms with van der Waals surface area (Å²) in [6.45, 7) is 3.41. The number of hydrogen-bond acceptors (Lipinski definition) is 4. The van der Waals surface area contributed by atoms with Gasteiger partial charge in [-0.25, -0.2) is 0 Å². The number of carboxylic acids is 1. The Labute approximate surface area is 88.6 Å². The molecule has 1 aliphatic heterocycles. The molecule has 4 nitrogen and oxygen atoms in total. The molecule has 0 aliphatic carbocycles. The number of nitrogens with one attached hydrogen (secondary N) is 1. The molecule has 5 heteroatoms. The number of carbonyl (C=O) groups is 1.